The predicted octanol–water partition coefficient (Wildman–Crippen LogP) is 2.39. The minimum Gasteiger partial charge on any atom is -0.390 e. The van der Waals surface area contributed by atoms with Crippen molar-refractivity contribution in [1.82, 2.24) is 14.5 Å². The molecule has 2 N–H and O–H groups in total. The zero-order valence-electron chi connectivity index (χ0n) is 16.4. The average molecular weight is 379 g/mol. The molecular weight excluding hydrogens is 354 g/mol. The summed E-state index contributed by atoms with van der Waals surface area (Å²) in [5.41, 5.74) is 2.82. The van der Waals surface area contributed by atoms with Crippen molar-refractivity contribution < 1.29 is 5.11 Å². The lowest BCUT2D eigenvalue weighted by molar-refractivity contribution is 0.0351. The quantitative estimate of drug-likeness (QED) is 0.727. The van der Waals surface area contributed by atoms with Crippen LogP contribution >= 0.6 is 0 Å². The Morgan fingerprint density at radius 2 is 1.86 bits per heavy atom. The Labute approximate surface area is 163 Å². The van der Waals surface area contributed by atoms with E-state index in [2.05, 4.69) is 32.3 Å². The molecule has 1 aliphatic rings. The zero-order chi connectivity index (χ0) is 19.9. The van der Waals surface area contributed by atoms with Crippen molar-refractivity contribution >= 4 is 22.4 Å². The largest absolute Gasteiger partial charge is 0.390 e. The lowest BCUT2D eigenvalue weighted by atomic mass is 9.93. The summed E-state index contributed by atoms with van der Waals surface area (Å²) in [6.45, 7) is 3.59. The Morgan fingerprint density at radius 1 is 1.18 bits per heavy atom. The van der Waals surface area contributed by atoms with Crippen molar-refractivity contribution in [2.24, 2.45) is 7.05 Å². The van der Waals surface area contributed by atoms with Gasteiger partial charge in [0.05, 0.1) is 23.1 Å². The monoisotopic (exact) mass is 379 g/mol. The highest BCUT2D eigenvalue weighted by Gasteiger charge is 2.27. The smallest absolute Gasteiger partial charge is 0.264 e. The molecule has 0 spiro atoms. The lowest BCUT2D eigenvalue weighted by Crippen LogP contribution is -2.42. The number of aryl methyl sites for hydroxylation is 1. The first-order valence-corrected chi connectivity index (χ1v) is 9.50. The van der Waals surface area contributed by atoms with Gasteiger partial charge in [-0.3, -0.25) is 4.79 Å². The molecule has 1 fully saturated rings. The van der Waals surface area contributed by atoms with Crippen LogP contribution in [-0.2, 0) is 7.05 Å². The van der Waals surface area contributed by atoms with Crippen LogP contribution in [0.5, 0.6) is 0 Å². The molecular formula is C21H25N5O2. The summed E-state index contributed by atoms with van der Waals surface area (Å²) in [6, 6.07) is 10.1. The van der Waals surface area contributed by atoms with E-state index >= 15 is 0 Å². The summed E-state index contributed by atoms with van der Waals surface area (Å²) >= 11 is 0. The molecule has 0 atom stereocenters. The summed E-state index contributed by atoms with van der Waals surface area (Å²) in [4.78, 5) is 23.8. The second-order valence-corrected chi connectivity index (χ2v) is 7.69. The third-order valence-electron chi connectivity index (χ3n) is 5.51. The van der Waals surface area contributed by atoms with Gasteiger partial charge >= 0.3 is 0 Å². The van der Waals surface area contributed by atoms with Gasteiger partial charge in [0, 0.05) is 38.4 Å². The normalized spacial score (nSPS) is 16.4. The first-order valence-electron chi connectivity index (χ1n) is 9.50. The van der Waals surface area contributed by atoms with Crippen LogP contribution in [0.4, 0.5) is 11.5 Å². The maximum atomic E-state index is 12.4. The minimum absolute atomic E-state index is 0.121. The molecule has 1 saturated heterocycles. The zero-order valence-corrected chi connectivity index (χ0v) is 16.4. The number of hydrogen-bond donors (Lipinski definition) is 2. The van der Waals surface area contributed by atoms with Crippen molar-refractivity contribution in [3.8, 4) is 11.3 Å². The Kier molecular flexibility index (Phi) is 4.55. The molecule has 0 unspecified atom stereocenters. The Balaban J connectivity index is 1.67. The maximum absolute atomic E-state index is 12.4. The summed E-state index contributed by atoms with van der Waals surface area (Å²) in [5.74, 6) is 0.531. The van der Waals surface area contributed by atoms with Crippen molar-refractivity contribution in [2.45, 2.75) is 25.4 Å². The molecule has 0 aliphatic carbocycles. The van der Waals surface area contributed by atoms with E-state index in [1.165, 1.54) is 10.9 Å². The number of piperidine rings is 1. The number of fused-ring (bicyclic) bond motifs is 1. The Morgan fingerprint density at radius 3 is 2.50 bits per heavy atom. The van der Waals surface area contributed by atoms with Gasteiger partial charge in [0.15, 0.2) is 0 Å². The fourth-order valence-corrected chi connectivity index (χ4v) is 3.64. The molecule has 28 heavy (non-hydrogen) atoms. The first kappa shape index (κ1) is 18.4. The van der Waals surface area contributed by atoms with E-state index in [1.54, 1.807) is 14.1 Å². The van der Waals surface area contributed by atoms with E-state index in [9.17, 15) is 9.90 Å². The number of hydrogen-bond acceptors (Lipinski definition) is 6. The van der Waals surface area contributed by atoms with E-state index in [1.807, 2.05) is 25.1 Å². The molecule has 3 heterocycles. The van der Waals surface area contributed by atoms with Crippen LogP contribution in [0.3, 0.4) is 0 Å². The fraction of sp³-hybridized carbons (Fsp3) is 0.381. The fourth-order valence-electron chi connectivity index (χ4n) is 3.64. The number of anilines is 2. The summed E-state index contributed by atoms with van der Waals surface area (Å²) in [7, 11) is 3.44. The number of aliphatic hydroxyl groups is 1. The number of rotatable bonds is 3. The highest BCUT2D eigenvalue weighted by molar-refractivity contribution is 5.91. The van der Waals surface area contributed by atoms with Gasteiger partial charge in [-0.25, -0.2) is 9.97 Å². The van der Waals surface area contributed by atoms with Crippen LogP contribution < -0.4 is 15.8 Å². The molecule has 0 saturated carbocycles. The van der Waals surface area contributed by atoms with Gasteiger partial charge in [0.2, 0.25) is 0 Å². The molecule has 7 heteroatoms. The maximum Gasteiger partial charge on any atom is 0.264 e. The van der Waals surface area contributed by atoms with Crippen molar-refractivity contribution in [1.29, 1.82) is 0 Å². The second-order valence-electron chi connectivity index (χ2n) is 7.69. The van der Waals surface area contributed by atoms with Crippen molar-refractivity contribution in [2.75, 3.05) is 30.4 Å². The van der Waals surface area contributed by atoms with Crippen molar-refractivity contribution in [3.63, 3.8) is 0 Å². The summed E-state index contributed by atoms with van der Waals surface area (Å²) in [6.07, 6.45) is 3.07. The molecule has 0 radical (unpaired) electrons. The first-order chi connectivity index (χ1) is 13.4. The third-order valence-corrected chi connectivity index (χ3v) is 5.51. The molecule has 4 rings (SSSR count). The molecule has 0 amide bonds. The van der Waals surface area contributed by atoms with E-state index in [0.29, 0.717) is 16.7 Å². The van der Waals surface area contributed by atoms with Gasteiger partial charge in [-0.1, -0.05) is 12.1 Å². The molecule has 146 valence electrons. The van der Waals surface area contributed by atoms with E-state index in [-0.39, 0.29) is 5.56 Å². The van der Waals surface area contributed by atoms with E-state index in [4.69, 9.17) is 0 Å². The van der Waals surface area contributed by atoms with Gasteiger partial charge < -0.3 is 19.9 Å². The Bertz CT molecular complexity index is 1060. The van der Waals surface area contributed by atoms with E-state index < -0.39 is 5.60 Å². The molecule has 3 aromatic rings. The summed E-state index contributed by atoms with van der Waals surface area (Å²) in [5, 5.41) is 13.7. The molecule has 0 bridgehead atoms. The Hall–Kier alpha value is -2.93. The van der Waals surface area contributed by atoms with Crippen LogP contribution in [-0.4, -0.2) is 45.4 Å². The second kappa shape index (κ2) is 6.91. The average Bonchev–Trinajstić information content (AvgIpc) is 2.70. The van der Waals surface area contributed by atoms with Gasteiger partial charge in [-0.2, -0.15) is 0 Å². The standard InChI is InChI=1S/C21H25N5O2/c1-21(28)8-10-26(11-9-21)15-6-4-14(5-7-15)16-12-17-18(19(22-2)24-16)20(27)25(3)13-23-17/h4-7,12-13,28H,8-11H2,1-3H3,(H,22,24). The van der Waals surface area contributed by atoms with Crippen LogP contribution in [0.25, 0.3) is 22.2 Å². The minimum atomic E-state index is -0.556. The van der Waals surface area contributed by atoms with Crippen LogP contribution in [0.1, 0.15) is 19.8 Å². The lowest BCUT2D eigenvalue weighted by Gasteiger charge is -2.37. The molecule has 7 nitrogen and oxygen atoms in total. The highest BCUT2D eigenvalue weighted by atomic mass is 16.3. The summed E-state index contributed by atoms with van der Waals surface area (Å²) < 4.78 is 1.45. The molecule has 1 aromatic carbocycles. The SMILES string of the molecule is CNc1nc(-c2ccc(N3CCC(C)(O)CC3)cc2)cc2ncn(C)c(=O)c12. The van der Waals surface area contributed by atoms with Gasteiger partial charge in [0.25, 0.3) is 5.56 Å². The number of aromatic nitrogens is 3. The van der Waals surface area contributed by atoms with Gasteiger partial charge in [-0.05, 0) is 38.0 Å². The van der Waals surface area contributed by atoms with E-state index in [0.717, 1.165) is 42.9 Å². The highest BCUT2D eigenvalue weighted by Crippen LogP contribution is 2.29. The number of benzene rings is 1. The number of pyridine rings is 1. The number of nitrogens with zero attached hydrogens (tertiary/aromatic N) is 4. The molecule has 2 aromatic heterocycles. The predicted molar refractivity (Wildman–Crippen MR) is 112 cm³/mol. The van der Waals surface area contributed by atoms with Crippen LogP contribution in [0.2, 0.25) is 0 Å². The van der Waals surface area contributed by atoms with Crippen molar-refractivity contribution in [3.05, 3.63) is 47.0 Å². The van der Waals surface area contributed by atoms with Crippen LogP contribution in [0.15, 0.2) is 41.5 Å². The van der Waals surface area contributed by atoms with Gasteiger partial charge in [0.1, 0.15) is 11.2 Å². The number of nitrogens with one attached hydrogen (secondary N) is 1. The topological polar surface area (TPSA) is 83.3 Å². The van der Waals surface area contributed by atoms with Crippen LogP contribution in [0, 0.1) is 0 Å². The van der Waals surface area contributed by atoms with Gasteiger partial charge in [-0.15, -0.1) is 0 Å². The third kappa shape index (κ3) is 3.33. The molecule has 1 aliphatic heterocycles.